The summed E-state index contributed by atoms with van der Waals surface area (Å²) in [5.74, 6) is 0.509. The average Bonchev–Trinajstić information content (AvgIpc) is 2.63. The van der Waals surface area contributed by atoms with Gasteiger partial charge in [0.05, 0.1) is 6.10 Å². The summed E-state index contributed by atoms with van der Waals surface area (Å²) in [6, 6.07) is 8.04. The number of nitrogens with one attached hydrogen (secondary N) is 1. The van der Waals surface area contributed by atoms with Gasteiger partial charge in [-0.3, -0.25) is 0 Å². The van der Waals surface area contributed by atoms with Gasteiger partial charge in [-0.2, -0.15) is 0 Å². The van der Waals surface area contributed by atoms with E-state index in [1.165, 1.54) is 0 Å². The van der Waals surface area contributed by atoms with Crippen LogP contribution >= 0.6 is 0 Å². The molecule has 0 aliphatic heterocycles. The summed E-state index contributed by atoms with van der Waals surface area (Å²) in [5.41, 5.74) is 2.12. The van der Waals surface area contributed by atoms with Crippen LogP contribution < -0.4 is 0 Å². The lowest BCUT2D eigenvalue weighted by Crippen LogP contribution is -2.02. The summed E-state index contributed by atoms with van der Waals surface area (Å²) in [7, 11) is 0. The maximum absolute atomic E-state index is 10.1. The fourth-order valence-electron chi connectivity index (χ4n) is 1.97. The number of aromatic nitrogens is 1. The van der Waals surface area contributed by atoms with Gasteiger partial charge in [0, 0.05) is 17.1 Å². The van der Waals surface area contributed by atoms with Crippen LogP contribution in [0.4, 0.5) is 0 Å². The van der Waals surface area contributed by atoms with Gasteiger partial charge in [0.25, 0.3) is 0 Å². The molecule has 0 saturated heterocycles. The molecule has 0 amide bonds. The van der Waals surface area contributed by atoms with Gasteiger partial charge in [-0.1, -0.05) is 26.0 Å². The van der Waals surface area contributed by atoms with E-state index in [4.69, 9.17) is 0 Å². The minimum absolute atomic E-state index is 0.357. The fraction of sp³-hybridized carbons (Fsp3) is 0.385. The van der Waals surface area contributed by atoms with E-state index in [9.17, 15) is 5.11 Å². The number of aliphatic hydroxyl groups excluding tert-OH is 1. The summed E-state index contributed by atoms with van der Waals surface area (Å²) in [5, 5.41) is 11.2. The Morgan fingerprint density at radius 2 is 2.07 bits per heavy atom. The summed E-state index contributed by atoms with van der Waals surface area (Å²) < 4.78 is 0. The zero-order chi connectivity index (χ0) is 10.8. The van der Waals surface area contributed by atoms with Crippen molar-refractivity contribution in [3.8, 4) is 0 Å². The van der Waals surface area contributed by atoms with Crippen molar-refractivity contribution in [2.45, 2.75) is 26.4 Å². The molecule has 0 spiro atoms. The lowest BCUT2D eigenvalue weighted by atomic mass is 9.97. The van der Waals surface area contributed by atoms with Crippen molar-refractivity contribution in [2.75, 3.05) is 0 Å². The van der Waals surface area contributed by atoms with Crippen molar-refractivity contribution in [1.29, 1.82) is 0 Å². The largest absolute Gasteiger partial charge is 0.388 e. The molecule has 2 nitrogen and oxygen atoms in total. The quantitative estimate of drug-likeness (QED) is 0.789. The average molecular weight is 203 g/mol. The number of benzene rings is 1. The van der Waals surface area contributed by atoms with E-state index in [-0.39, 0.29) is 6.10 Å². The van der Waals surface area contributed by atoms with Crippen LogP contribution in [0, 0.1) is 5.92 Å². The first-order chi connectivity index (χ1) is 7.18. The van der Waals surface area contributed by atoms with Crippen LogP contribution in [0.3, 0.4) is 0 Å². The molecule has 0 fully saturated rings. The molecule has 2 N–H and O–H groups in total. The summed E-state index contributed by atoms with van der Waals surface area (Å²) >= 11 is 0. The number of H-pyrrole nitrogens is 1. The highest BCUT2D eigenvalue weighted by molar-refractivity contribution is 5.83. The fourth-order valence-corrected chi connectivity index (χ4v) is 1.97. The zero-order valence-corrected chi connectivity index (χ0v) is 9.20. The van der Waals surface area contributed by atoms with Gasteiger partial charge in [-0.05, 0) is 30.0 Å². The molecule has 1 aromatic heterocycles. The minimum Gasteiger partial charge on any atom is -0.388 e. The lowest BCUT2D eigenvalue weighted by Gasteiger charge is -2.14. The van der Waals surface area contributed by atoms with Gasteiger partial charge >= 0.3 is 0 Å². The van der Waals surface area contributed by atoms with Crippen molar-refractivity contribution in [3.05, 3.63) is 36.0 Å². The van der Waals surface area contributed by atoms with E-state index < -0.39 is 0 Å². The predicted octanol–water partition coefficient (Wildman–Crippen LogP) is 3.25. The Labute approximate surface area is 89.9 Å². The van der Waals surface area contributed by atoms with Crippen molar-refractivity contribution in [3.63, 3.8) is 0 Å². The molecule has 1 aromatic carbocycles. The first-order valence-electron chi connectivity index (χ1n) is 5.42. The van der Waals surface area contributed by atoms with Crippen molar-refractivity contribution in [1.82, 2.24) is 4.98 Å². The highest BCUT2D eigenvalue weighted by Gasteiger charge is 2.12. The third-order valence-electron chi connectivity index (χ3n) is 2.68. The molecule has 0 bridgehead atoms. The normalized spacial score (nSPS) is 13.6. The van der Waals surface area contributed by atoms with Crippen molar-refractivity contribution in [2.24, 2.45) is 5.92 Å². The smallest absolute Gasteiger partial charge is 0.0799 e. The first kappa shape index (κ1) is 10.2. The Bertz CT molecular complexity index is 444. The van der Waals surface area contributed by atoms with E-state index in [1.807, 2.05) is 30.5 Å². The third-order valence-corrected chi connectivity index (χ3v) is 2.68. The molecular formula is C13H17NO. The standard InChI is InChI=1S/C13H17NO/c1-9(2)8-13(15)11-4-3-5-12-10(11)6-7-14-12/h3-7,9,13-15H,8H2,1-2H3. The lowest BCUT2D eigenvalue weighted by molar-refractivity contribution is 0.152. The summed E-state index contributed by atoms with van der Waals surface area (Å²) in [6.45, 7) is 4.25. The van der Waals surface area contributed by atoms with Crippen LogP contribution in [0.25, 0.3) is 10.9 Å². The number of fused-ring (bicyclic) bond motifs is 1. The second-order valence-corrected chi connectivity index (χ2v) is 4.43. The van der Waals surface area contributed by atoms with E-state index in [1.54, 1.807) is 0 Å². The maximum Gasteiger partial charge on any atom is 0.0799 e. The van der Waals surface area contributed by atoms with Crippen LogP contribution in [0.15, 0.2) is 30.5 Å². The van der Waals surface area contributed by atoms with E-state index in [2.05, 4.69) is 18.8 Å². The summed E-state index contributed by atoms with van der Waals surface area (Å²) in [6.07, 6.45) is 2.37. The van der Waals surface area contributed by atoms with Crippen LogP contribution in [-0.2, 0) is 0 Å². The first-order valence-corrected chi connectivity index (χ1v) is 5.42. The van der Waals surface area contributed by atoms with Crippen LogP contribution in [0.1, 0.15) is 31.9 Å². The topological polar surface area (TPSA) is 36.0 Å². The van der Waals surface area contributed by atoms with Gasteiger partial charge in [0.2, 0.25) is 0 Å². The molecule has 2 aromatic rings. The molecule has 1 unspecified atom stereocenters. The van der Waals surface area contributed by atoms with Gasteiger partial charge < -0.3 is 10.1 Å². The molecular weight excluding hydrogens is 186 g/mol. The molecule has 0 saturated carbocycles. The maximum atomic E-state index is 10.1. The van der Waals surface area contributed by atoms with E-state index in [0.29, 0.717) is 5.92 Å². The highest BCUT2D eigenvalue weighted by atomic mass is 16.3. The Morgan fingerprint density at radius 3 is 2.80 bits per heavy atom. The second-order valence-electron chi connectivity index (χ2n) is 4.43. The van der Waals surface area contributed by atoms with Gasteiger partial charge in [0.15, 0.2) is 0 Å². The summed E-state index contributed by atoms with van der Waals surface area (Å²) in [4.78, 5) is 3.16. The molecule has 1 atom stereocenters. The molecule has 0 aliphatic carbocycles. The third kappa shape index (κ3) is 2.05. The number of hydrogen-bond acceptors (Lipinski definition) is 1. The van der Waals surface area contributed by atoms with Crippen LogP contribution in [0.5, 0.6) is 0 Å². The number of hydrogen-bond donors (Lipinski definition) is 2. The zero-order valence-electron chi connectivity index (χ0n) is 9.20. The molecule has 0 aliphatic rings. The molecule has 80 valence electrons. The Hall–Kier alpha value is -1.28. The van der Waals surface area contributed by atoms with Gasteiger partial charge in [0.1, 0.15) is 0 Å². The molecule has 2 heteroatoms. The number of aliphatic hydroxyl groups is 1. The number of rotatable bonds is 3. The molecule has 1 heterocycles. The SMILES string of the molecule is CC(C)CC(O)c1cccc2[nH]ccc12. The molecule has 15 heavy (non-hydrogen) atoms. The second kappa shape index (κ2) is 4.07. The Kier molecular flexibility index (Phi) is 2.78. The van der Waals surface area contributed by atoms with E-state index >= 15 is 0 Å². The van der Waals surface area contributed by atoms with E-state index in [0.717, 1.165) is 22.9 Å². The monoisotopic (exact) mass is 203 g/mol. The predicted molar refractivity (Wildman–Crippen MR) is 62.7 cm³/mol. The van der Waals surface area contributed by atoms with Crippen LogP contribution in [-0.4, -0.2) is 10.1 Å². The van der Waals surface area contributed by atoms with Gasteiger partial charge in [-0.15, -0.1) is 0 Å². The molecule has 0 radical (unpaired) electrons. The Morgan fingerprint density at radius 1 is 1.27 bits per heavy atom. The van der Waals surface area contributed by atoms with Gasteiger partial charge in [-0.25, -0.2) is 0 Å². The Balaban J connectivity index is 2.38. The highest BCUT2D eigenvalue weighted by Crippen LogP contribution is 2.27. The molecule has 2 rings (SSSR count). The van der Waals surface area contributed by atoms with Crippen molar-refractivity contribution < 1.29 is 5.11 Å². The van der Waals surface area contributed by atoms with Crippen LogP contribution in [0.2, 0.25) is 0 Å². The number of aromatic amines is 1. The minimum atomic E-state index is -0.357. The van der Waals surface area contributed by atoms with Crippen molar-refractivity contribution >= 4 is 10.9 Å².